The average Bonchev–Trinajstić information content (AvgIpc) is 2.13. The molecule has 0 aliphatic heterocycles. The number of amides is 3. The lowest BCUT2D eigenvalue weighted by molar-refractivity contribution is -0.149. The first-order valence-corrected chi connectivity index (χ1v) is 6.04. The normalized spacial score (nSPS) is 22.8. The van der Waals surface area contributed by atoms with E-state index in [4.69, 9.17) is 5.11 Å². The summed E-state index contributed by atoms with van der Waals surface area (Å²) < 4.78 is 0. The molecule has 0 heterocycles. The molecule has 1 aliphatic rings. The summed E-state index contributed by atoms with van der Waals surface area (Å²) in [6.07, 6.45) is 1.61. The Balaban J connectivity index is 2.31. The van der Waals surface area contributed by atoms with E-state index >= 15 is 0 Å². The molecule has 0 radical (unpaired) electrons. The van der Waals surface area contributed by atoms with Gasteiger partial charge in [0, 0.05) is 12.5 Å². The summed E-state index contributed by atoms with van der Waals surface area (Å²) >= 11 is 0. The minimum absolute atomic E-state index is 0.125. The second kappa shape index (κ2) is 5.37. The van der Waals surface area contributed by atoms with Gasteiger partial charge in [0.2, 0.25) is 5.91 Å². The highest BCUT2D eigenvalue weighted by atomic mass is 16.4. The van der Waals surface area contributed by atoms with Crippen molar-refractivity contribution in [3.8, 4) is 0 Å². The predicted molar refractivity (Wildman–Crippen MR) is 64.9 cm³/mol. The monoisotopic (exact) mass is 256 g/mol. The molecule has 1 saturated carbocycles. The van der Waals surface area contributed by atoms with Gasteiger partial charge in [-0.05, 0) is 32.6 Å². The summed E-state index contributed by atoms with van der Waals surface area (Å²) in [4.78, 5) is 33.8. The molecular weight excluding hydrogens is 236 g/mol. The molecule has 0 bridgehead atoms. The van der Waals surface area contributed by atoms with Gasteiger partial charge in [0.25, 0.3) is 0 Å². The van der Waals surface area contributed by atoms with E-state index < -0.39 is 23.3 Å². The molecule has 0 aromatic rings. The van der Waals surface area contributed by atoms with Crippen LogP contribution in [0.2, 0.25) is 0 Å². The SMILES string of the molecule is CC1CC(NC(=O)NC(=O)CC(C)(C)C(=O)O)C1. The Morgan fingerprint density at radius 3 is 2.28 bits per heavy atom. The van der Waals surface area contributed by atoms with Gasteiger partial charge in [0.1, 0.15) is 0 Å². The summed E-state index contributed by atoms with van der Waals surface area (Å²) in [6, 6.07) is -0.418. The lowest BCUT2D eigenvalue weighted by Crippen LogP contribution is -2.49. The van der Waals surface area contributed by atoms with Crippen LogP contribution < -0.4 is 10.6 Å². The number of carbonyl (C=O) groups excluding carboxylic acids is 2. The Morgan fingerprint density at radius 1 is 1.28 bits per heavy atom. The van der Waals surface area contributed by atoms with Crippen molar-refractivity contribution >= 4 is 17.9 Å². The van der Waals surface area contributed by atoms with Crippen molar-refractivity contribution in [1.82, 2.24) is 10.6 Å². The third-order valence-electron chi connectivity index (χ3n) is 3.14. The van der Waals surface area contributed by atoms with Crippen LogP contribution in [-0.4, -0.2) is 29.1 Å². The summed E-state index contributed by atoms with van der Waals surface area (Å²) in [7, 11) is 0. The molecule has 18 heavy (non-hydrogen) atoms. The third-order valence-corrected chi connectivity index (χ3v) is 3.14. The number of hydrogen-bond acceptors (Lipinski definition) is 3. The van der Waals surface area contributed by atoms with Crippen LogP contribution in [-0.2, 0) is 9.59 Å². The zero-order chi connectivity index (χ0) is 13.9. The molecule has 1 rings (SSSR count). The number of carbonyl (C=O) groups is 3. The highest BCUT2D eigenvalue weighted by molar-refractivity contribution is 5.96. The van der Waals surface area contributed by atoms with Crippen molar-refractivity contribution in [3.63, 3.8) is 0 Å². The molecule has 0 aromatic carbocycles. The van der Waals surface area contributed by atoms with Crippen LogP contribution in [0.1, 0.15) is 40.0 Å². The van der Waals surface area contributed by atoms with Gasteiger partial charge in [-0.15, -0.1) is 0 Å². The van der Waals surface area contributed by atoms with Crippen molar-refractivity contribution in [2.75, 3.05) is 0 Å². The predicted octanol–water partition coefficient (Wildman–Crippen LogP) is 1.11. The van der Waals surface area contributed by atoms with Crippen LogP contribution >= 0.6 is 0 Å². The molecule has 1 fully saturated rings. The van der Waals surface area contributed by atoms with Crippen molar-refractivity contribution in [2.45, 2.75) is 46.1 Å². The number of rotatable bonds is 4. The zero-order valence-electron chi connectivity index (χ0n) is 10.9. The van der Waals surface area contributed by atoms with Gasteiger partial charge in [-0.1, -0.05) is 6.92 Å². The Morgan fingerprint density at radius 2 is 1.83 bits per heavy atom. The zero-order valence-corrected chi connectivity index (χ0v) is 10.9. The van der Waals surface area contributed by atoms with Gasteiger partial charge in [-0.2, -0.15) is 0 Å². The number of carboxylic acids is 1. The molecule has 3 N–H and O–H groups in total. The Bertz CT molecular complexity index is 359. The molecule has 6 heteroatoms. The summed E-state index contributed by atoms with van der Waals surface area (Å²) in [5.41, 5.74) is -1.17. The Labute approximate surface area is 106 Å². The molecule has 3 amide bonds. The van der Waals surface area contributed by atoms with E-state index in [9.17, 15) is 14.4 Å². The maximum absolute atomic E-state index is 11.5. The van der Waals surface area contributed by atoms with Crippen molar-refractivity contribution < 1.29 is 19.5 Å². The third kappa shape index (κ3) is 4.01. The fraction of sp³-hybridized carbons (Fsp3) is 0.750. The maximum Gasteiger partial charge on any atom is 0.321 e. The van der Waals surface area contributed by atoms with Crippen LogP contribution in [0.15, 0.2) is 0 Å². The van der Waals surface area contributed by atoms with E-state index in [0.717, 1.165) is 12.8 Å². The topological polar surface area (TPSA) is 95.5 Å². The van der Waals surface area contributed by atoms with E-state index in [-0.39, 0.29) is 12.5 Å². The molecule has 0 spiro atoms. The van der Waals surface area contributed by atoms with E-state index in [1.54, 1.807) is 0 Å². The number of carboxylic acid groups (broad SMARTS) is 1. The van der Waals surface area contributed by atoms with Gasteiger partial charge < -0.3 is 10.4 Å². The number of urea groups is 1. The molecule has 102 valence electrons. The highest BCUT2D eigenvalue weighted by Crippen LogP contribution is 2.26. The summed E-state index contributed by atoms with van der Waals surface area (Å²) in [5, 5.41) is 13.7. The summed E-state index contributed by atoms with van der Waals surface area (Å²) in [6.45, 7) is 4.98. The second-order valence-electron chi connectivity index (χ2n) is 5.66. The standard InChI is InChI=1S/C12H20N2O4/c1-7-4-8(5-7)13-11(18)14-9(15)6-12(2,3)10(16)17/h7-8H,4-6H2,1-3H3,(H,16,17)(H2,13,14,15,18). The van der Waals surface area contributed by atoms with E-state index in [0.29, 0.717) is 5.92 Å². The fourth-order valence-corrected chi connectivity index (χ4v) is 1.89. The van der Waals surface area contributed by atoms with Crippen LogP contribution in [0.5, 0.6) is 0 Å². The van der Waals surface area contributed by atoms with Crippen molar-refractivity contribution in [1.29, 1.82) is 0 Å². The number of hydrogen-bond donors (Lipinski definition) is 3. The van der Waals surface area contributed by atoms with Crippen LogP contribution in [0.4, 0.5) is 4.79 Å². The first-order valence-electron chi connectivity index (χ1n) is 6.04. The summed E-state index contributed by atoms with van der Waals surface area (Å²) in [5.74, 6) is -1.03. The number of nitrogens with one attached hydrogen (secondary N) is 2. The first-order chi connectivity index (χ1) is 8.20. The molecule has 0 aromatic heterocycles. The molecule has 0 atom stereocenters. The van der Waals surface area contributed by atoms with Gasteiger partial charge in [0.15, 0.2) is 0 Å². The molecule has 0 saturated heterocycles. The van der Waals surface area contributed by atoms with Gasteiger partial charge in [-0.3, -0.25) is 14.9 Å². The van der Waals surface area contributed by atoms with Crippen molar-refractivity contribution in [2.24, 2.45) is 11.3 Å². The molecule has 6 nitrogen and oxygen atoms in total. The molecule has 1 aliphatic carbocycles. The van der Waals surface area contributed by atoms with E-state index in [1.807, 2.05) is 0 Å². The van der Waals surface area contributed by atoms with Gasteiger partial charge in [0.05, 0.1) is 5.41 Å². The minimum Gasteiger partial charge on any atom is -0.481 e. The molecule has 0 unspecified atom stereocenters. The largest absolute Gasteiger partial charge is 0.481 e. The van der Waals surface area contributed by atoms with E-state index in [1.165, 1.54) is 13.8 Å². The van der Waals surface area contributed by atoms with Crippen molar-refractivity contribution in [3.05, 3.63) is 0 Å². The smallest absolute Gasteiger partial charge is 0.321 e. The lowest BCUT2D eigenvalue weighted by Gasteiger charge is -2.33. The highest BCUT2D eigenvalue weighted by Gasteiger charge is 2.31. The Kier molecular flexibility index (Phi) is 4.32. The Hall–Kier alpha value is -1.59. The average molecular weight is 256 g/mol. The van der Waals surface area contributed by atoms with Crippen LogP contribution in [0, 0.1) is 11.3 Å². The maximum atomic E-state index is 11.5. The minimum atomic E-state index is -1.17. The van der Waals surface area contributed by atoms with Gasteiger partial charge in [-0.25, -0.2) is 4.79 Å². The quantitative estimate of drug-likeness (QED) is 0.702. The van der Waals surface area contributed by atoms with Crippen LogP contribution in [0.3, 0.4) is 0 Å². The lowest BCUT2D eigenvalue weighted by atomic mass is 9.82. The molecular formula is C12H20N2O4. The fourth-order valence-electron chi connectivity index (χ4n) is 1.89. The first kappa shape index (κ1) is 14.5. The second-order valence-corrected chi connectivity index (χ2v) is 5.66. The van der Waals surface area contributed by atoms with E-state index in [2.05, 4.69) is 17.6 Å². The number of imide groups is 1. The number of aliphatic carboxylic acids is 1. The van der Waals surface area contributed by atoms with Crippen LogP contribution in [0.25, 0.3) is 0 Å². The van der Waals surface area contributed by atoms with Gasteiger partial charge >= 0.3 is 12.0 Å².